The normalized spacial score (nSPS) is 14.7. The van der Waals surface area contributed by atoms with Crippen molar-refractivity contribution >= 4 is 17.7 Å². The molecule has 0 saturated heterocycles. The van der Waals surface area contributed by atoms with Gasteiger partial charge in [0.1, 0.15) is 0 Å². The van der Waals surface area contributed by atoms with Crippen LogP contribution in [0.3, 0.4) is 0 Å². The number of carbonyl (C=O) groups is 3. The maximum atomic E-state index is 12.4. The van der Waals surface area contributed by atoms with Gasteiger partial charge in [0.2, 0.25) is 17.7 Å². The molecule has 0 spiro atoms. The Labute approximate surface area is 184 Å². The van der Waals surface area contributed by atoms with Gasteiger partial charge in [-0.3, -0.25) is 19.3 Å². The van der Waals surface area contributed by atoms with Crippen molar-refractivity contribution in [2.24, 2.45) is 23.2 Å². The van der Waals surface area contributed by atoms with Crippen LogP contribution in [0.4, 0.5) is 0 Å². The highest BCUT2D eigenvalue weighted by molar-refractivity contribution is 5.79. The van der Waals surface area contributed by atoms with Gasteiger partial charge in [0.05, 0.1) is 0 Å². The minimum atomic E-state index is -0.0791. The summed E-state index contributed by atoms with van der Waals surface area (Å²) in [5, 5.41) is 8.96. The van der Waals surface area contributed by atoms with Crippen molar-refractivity contribution < 1.29 is 14.4 Å². The molecule has 0 saturated carbocycles. The van der Waals surface area contributed by atoms with E-state index < -0.39 is 0 Å². The molecule has 0 aromatic carbocycles. The van der Waals surface area contributed by atoms with Crippen LogP contribution in [0.5, 0.6) is 0 Å². The van der Waals surface area contributed by atoms with E-state index in [1.165, 1.54) is 0 Å². The first-order valence-corrected chi connectivity index (χ1v) is 11.5. The predicted molar refractivity (Wildman–Crippen MR) is 123 cm³/mol. The van der Waals surface area contributed by atoms with Crippen molar-refractivity contribution in [1.29, 1.82) is 0 Å². The van der Waals surface area contributed by atoms with Crippen molar-refractivity contribution in [3.05, 3.63) is 0 Å². The van der Waals surface area contributed by atoms with Crippen LogP contribution in [-0.2, 0) is 14.4 Å². The molecule has 7 heteroatoms. The van der Waals surface area contributed by atoms with E-state index in [1.807, 2.05) is 34.6 Å². The molecule has 0 heterocycles. The average molecular weight is 427 g/mol. The molecule has 7 nitrogen and oxygen atoms in total. The van der Waals surface area contributed by atoms with Gasteiger partial charge in [-0.25, -0.2) is 0 Å². The molecule has 0 fully saturated rings. The molecule has 3 unspecified atom stereocenters. The van der Waals surface area contributed by atoms with Crippen LogP contribution < -0.4 is 16.0 Å². The van der Waals surface area contributed by atoms with E-state index in [9.17, 15) is 14.4 Å². The largest absolute Gasteiger partial charge is 0.355 e. The lowest BCUT2D eigenvalue weighted by Crippen LogP contribution is -2.45. The Morgan fingerprint density at radius 3 is 1.33 bits per heavy atom. The number of rotatable bonds is 14. The summed E-state index contributed by atoms with van der Waals surface area (Å²) in [6.45, 7) is 19.6. The second-order valence-electron chi connectivity index (χ2n) is 9.42. The molecule has 3 amide bonds. The topological polar surface area (TPSA) is 90.5 Å². The van der Waals surface area contributed by atoms with Gasteiger partial charge in [0.15, 0.2) is 0 Å². The third-order valence-corrected chi connectivity index (χ3v) is 5.99. The third kappa shape index (κ3) is 11.5. The average Bonchev–Trinajstić information content (AvgIpc) is 2.70. The van der Waals surface area contributed by atoms with Gasteiger partial charge in [-0.1, -0.05) is 55.4 Å². The maximum absolute atomic E-state index is 12.4. The molecule has 0 aromatic rings. The first-order chi connectivity index (χ1) is 13.9. The minimum Gasteiger partial charge on any atom is -0.355 e. The lowest BCUT2D eigenvalue weighted by molar-refractivity contribution is -0.127. The molecule has 0 aromatic heterocycles. The molecule has 0 aliphatic heterocycles. The second-order valence-corrected chi connectivity index (χ2v) is 9.42. The van der Waals surface area contributed by atoms with E-state index in [2.05, 4.69) is 41.6 Å². The van der Waals surface area contributed by atoms with E-state index in [1.54, 1.807) is 0 Å². The number of hydrogen-bond acceptors (Lipinski definition) is 4. The van der Waals surface area contributed by atoms with E-state index in [0.717, 1.165) is 12.8 Å². The fourth-order valence-electron chi connectivity index (χ4n) is 2.61. The molecular weight excluding hydrogens is 380 g/mol. The van der Waals surface area contributed by atoms with Crippen LogP contribution >= 0.6 is 0 Å². The Morgan fingerprint density at radius 2 is 1.03 bits per heavy atom. The summed E-state index contributed by atoms with van der Waals surface area (Å²) in [4.78, 5) is 38.5. The minimum absolute atomic E-state index is 0.00597. The predicted octanol–water partition coefficient (Wildman–Crippen LogP) is 2.41. The first-order valence-electron chi connectivity index (χ1n) is 11.5. The van der Waals surface area contributed by atoms with Crippen molar-refractivity contribution in [1.82, 2.24) is 20.9 Å². The summed E-state index contributed by atoms with van der Waals surface area (Å²) in [5.74, 6) is 0.121. The lowest BCUT2D eigenvalue weighted by atomic mass is 9.81. The summed E-state index contributed by atoms with van der Waals surface area (Å²) in [5.41, 5.74) is -0.0791. The van der Waals surface area contributed by atoms with Crippen LogP contribution in [0.1, 0.15) is 68.2 Å². The SMILES string of the molecule is CCC(C)C(=O)NCCN(CCNC(=O)C(C)CC)CCNC(=O)C(C)C(C)(C)C. The van der Waals surface area contributed by atoms with Gasteiger partial charge in [-0.15, -0.1) is 0 Å². The molecule has 0 aliphatic carbocycles. The van der Waals surface area contributed by atoms with Crippen molar-refractivity contribution in [2.75, 3.05) is 39.3 Å². The highest BCUT2D eigenvalue weighted by Crippen LogP contribution is 2.25. The number of nitrogens with one attached hydrogen (secondary N) is 3. The van der Waals surface area contributed by atoms with Gasteiger partial charge in [0, 0.05) is 57.0 Å². The Morgan fingerprint density at radius 1 is 0.700 bits per heavy atom. The van der Waals surface area contributed by atoms with E-state index >= 15 is 0 Å². The molecule has 3 N–H and O–H groups in total. The van der Waals surface area contributed by atoms with Crippen LogP contribution in [0.15, 0.2) is 0 Å². The van der Waals surface area contributed by atoms with Gasteiger partial charge in [0.25, 0.3) is 0 Å². The van der Waals surface area contributed by atoms with Gasteiger partial charge in [-0.2, -0.15) is 0 Å². The summed E-state index contributed by atoms with van der Waals surface area (Å²) in [6, 6.07) is 0. The van der Waals surface area contributed by atoms with Crippen LogP contribution in [0.2, 0.25) is 0 Å². The Bertz CT molecular complexity index is 503. The van der Waals surface area contributed by atoms with Crippen molar-refractivity contribution in [3.63, 3.8) is 0 Å². The highest BCUT2D eigenvalue weighted by Gasteiger charge is 2.26. The van der Waals surface area contributed by atoms with E-state index in [0.29, 0.717) is 39.3 Å². The zero-order valence-electron chi connectivity index (χ0n) is 20.6. The van der Waals surface area contributed by atoms with Crippen LogP contribution in [0, 0.1) is 23.2 Å². The summed E-state index contributed by atoms with van der Waals surface area (Å²) >= 11 is 0. The molecule has 0 radical (unpaired) electrons. The molecular formula is C23H46N4O3. The molecule has 30 heavy (non-hydrogen) atoms. The summed E-state index contributed by atoms with van der Waals surface area (Å²) in [6.07, 6.45) is 1.63. The van der Waals surface area contributed by atoms with Crippen LogP contribution in [-0.4, -0.2) is 61.9 Å². The van der Waals surface area contributed by atoms with E-state index in [-0.39, 0.29) is 40.9 Å². The molecule has 0 aliphatic rings. The summed E-state index contributed by atoms with van der Waals surface area (Å²) < 4.78 is 0. The molecule has 176 valence electrons. The third-order valence-electron chi connectivity index (χ3n) is 5.99. The monoisotopic (exact) mass is 426 g/mol. The zero-order valence-corrected chi connectivity index (χ0v) is 20.6. The van der Waals surface area contributed by atoms with Crippen LogP contribution in [0.25, 0.3) is 0 Å². The number of nitrogens with zero attached hydrogens (tertiary/aromatic N) is 1. The van der Waals surface area contributed by atoms with Gasteiger partial charge in [-0.05, 0) is 18.3 Å². The standard InChI is InChI=1S/C23H46N4O3/c1-9-17(3)20(28)24-11-14-27(15-12-25-21(29)18(4)10-2)16-13-26-22(30)19(5)23(6,7)8/h17-19H,9-16H2,1-8H3,(H,24,28)(H,25,29)(H,26,30). The fourth-order valence-corrected chi connectivity index (χ4v) is 2.61. The van der Waals surface area contributed by atoms with Gasteiger partial charge >= 0.3 is 0 Å². The molecule has 0 rings (SSSR count). The Kier molecular flexibility index (Phi) is 13.6. The number of carbonyl (C=O) groups excluding carboxylic acids is 3. The zero-order chi connectivity index (χ0) is 23.3. The smallest absolute Gasteiger partial charge is 0.223 e. The van der Waals surface area contributed by atoms with E-state index in [4.69, 9.17) is 0 Å². The first kappa shape index (κ1) is 28.4. The number of amides is 3. The highest BCUT2D eigenvalue weighted by atomic mass is 16.2. The molecule has 0 bridgehead atoms. The van der Waals surface area contributed by atoms with Crippen molar-refractivity contribution in [3.8, 4) is 0 Å². The quantitative estimate of drug-likeness (QED) is 0.398. The number of hydrogen-bond donors (Lipinski definition) is 3. The molecule has 3 atom stereocenters. The van der Waals surface area contributed by atoms with Crippen molar-refractivity contribution in [2.45, 2.75) is 68.2 Å². The second kappa shape index (κ2) is 14.4. The fraction of sp³-hybridized carbons (Fsp3) is 0.870. The van der Waals surface area contributed by atoms with Gasteiger partial charge < -0.3 is 16.0 Å². The Hall–Kier alpha value is -1.63. The lowest BCUT2D eigenvalue weighted by Gasteiger charge is -2.27. The maximum Gasteiger partial charge on any atom is 0.223 e. The summed E-state index contributed by atoms with van der Waals surface area (Å²) in [7, 11) is 0. The Balaban J connectivity index is 4.60.